The third-order valence-electron chi connectivity index (χ3n) is 2.50. The quantitative estimate of drug-likeness (QED) is 0.496. The molecule has 0 bridgehead atoms. The number of alkyl halides is 1. The first-order valence-electron chi connectivity index (χ1n) is 5.03. The van der Waals surface area contributed by atoms with Gasteiger partial charge in [-0.3, -0.25) is 0 Å². The molecule has 2 aromatic rings. The highest BCUT2D eigenvalue weighted by atomic mass is 79.9. The van der Waals surface area contributed by atoms with Gasteiger partial charge in [0.15, 0.2) is 0 Å². The van der Waals surface area contributed by atoms with Crippen molar-refractivity contribution in [1.82, 2.24) is 0 Å². The highest BCUT2D eigenvalue weighted by Gasteiger charge is 2.14. The maximum Gasteiger partial charge on any atom is 0.0525 e. The maximum atomic E-state index is 6.35. The summed E-state index contributed by atoms with van der Waals surface area (Å²) >= 11 is 28.0. The molecule has 0 spiro atoms. The zero-order valence-corrected chi connectivity index (χ0v) is 13.6. The van der Waals surface area contributed by atoms with E-state index in [1.54, 1.807) is 12.1 Å². The smallest absolute Gasteiger partial charge is 0.0525 e. The van der Waals surface area contributed by atoms with Crippen LogP contribution >= 0.6 is 62.3 Å². The molecule has 0 nitrogen and oxygen atoms in total. The van der Waals surface area contributed by atoms with Crippen LogP contribution in [-0.2, 0) is 5.33 Å². The van der Waals surface area contributed by atoms with E-state index in [1.165, 1.54) is 0 Å². The van der Waals surface area contributed by atoms with Crippen molar-refractivity contribution in [3.63, 3.8) is 0 Å². The SMILES string of the molecule is Clc1cc(Cl)c(-c2cccc(CBr)c2Cl)c(Cl)c1. The molecular weight excluding hydrogens is 378 g/mol. The molecule has 0 saturated heterocycles. The van der Waals surface area contributed by atoms with Crippen LogP contribution in [-0.4, -0.2) is 0 Å². The lowest BCUT2D eigenvalue weighted by Crippen LogP contribution is -1.88. The molecule has 0 N–H and O–H groups in total. The van der Waals surface area contributed by atoms with Gasteiger partial charge >= 0.3 is 0 Å². The first-order chi connectivity index (χ1) is 8.54. The van der Waals surface area contributed by atoms with Crippen LogP contribution < -0.4 is 0 Å². The van der Waals surface area contributed by atoms with Crippen LogP contribution in [0.3, 0.4) is 0 Å². The summed E-state index contributed by atoms with van der Waals surface area (Å²) in [5, 5.41) is 2.78. The Labute approximate surface area is 134 Å². The predicted octanol–water partition coefficient (Wildman–Crippen LogP) is 6.86. The van der Waals surface area contributed by atoms with E-state index >= 15 is 0 Å². The first-order valence-corrected chi connectivity index (χ1v) is 7.66. The van der Waals surface area contributed by atoms with Crippen molar-refractivity contribution < 1.29 is 0 Å². The van der Waals surface area contributed by atoms with Gasteiger partial charge in [-0.2, -0.15) is 0 Å². The monoisotopic (exact) mass is 382 g/mol. The van der Waals surface area contributed by atoms with Crippen LogP contribution in [0.5, 0.6) is 0 Å². The van der Waals surface area contributed by atoms with Gasteiger partial charge in [0, 0.05) is 21.5 Å². The Hall–Kier alpha value is 0.0800. The summed E-state index contributed by atoms with van der Waals surface area (Å²) in [7, 11) is 0. The predicted molar refractivity (Wildman–Crippen MR) is 84.5 cm³/mol. The Morgan fingerprint density at radius 1 is 0.944 bits per heavy atom. The molecule has 0 aliphatic rings. The minimum atomic E-state index is 0.487. The Morgan fingerprint density at radius 2 is 1.56 bits per heavy atom. The van der Waals surface area contributed by atoms with Crippen LogP contribution in [0, 0.1) is 0 Å². The molecule has 0 aliphatic carbocycles. The van der Waals surface area contributed by atoms with Gasteiger partial charge in [-0.25, -0.2) is 0 Å². The molecule has 0 unspecified atom stereocenters. The Kier molecular flexibility index (Phi) is 4.85. The van der Waals surface area contributed by atoms with Gasteiger partial charge in [-0.15, -0.1) is 0 Å². The van der Waals surface area contributed by atoms with Crippen molar-refractivity contribution in [3.05, 3.63) is 56.0 Å². The highest BCUT2D eigenvalue weighted by Crippen LogP contribution is 2.41. The second kappa shape index (κ2) is 6.02. The van der Waals surface area contributed by atoms with Crippen molar-refractivity contribution in [2.75, 3.05) is 0 Å². The van der Waals surface area contributed by atoms with Crippen LogP contribution in [0.4, 0.5) is 0 Å². The summed E-state index contributed by atoms with van der Waals surface area (Å²) in [5.74, 6) is 0. The highest BCUT2D eigenvalue weighted by molar-refractivity contribution is 9.08. The van der Waals surface area contributed by atoms with Crippen molar-refractivity contribution in [2.45, 2.75) is 5.33 Å². The molecule has 0 aromatic heterocycles. The second-order valence-electron chi connectivity index (χ2n) is 3.66. The molecule has 0 atom stereocenters. The van der Waals surface area contributed by atoms with E-state index in [4.69, 9.17) is 46.4 Å². The minimum Gasteiger partial charge on any atom is -0.0876 e. The number of rotatable bonds is 2. The molecule has 0 amide bonds. The second-order valence-corrected chi connectivity index (χ2v) is 5.85. The third-order valence-corrected chi connectivity index (χ3v) is 4.36. The molecule has 2 aromatic carbocycles. The van der Waals surface area contributed by atoms with Gasteiger partial charge in [-0.05, 0) is 17.7 Å². The molecule has 5 heteroatoms. The Morgan fingerprint density at radius 3 is 2.11 bits per heavy atom. The number of hydrogen-bond acceptors (Lipinski definition) is 0. The van der Waals surface area contributed by atoms with Crippen molar-refractivity contribution in [2.24, 2.45) is 0 Å². The molecule has 2 rings (SSSR count). The summed E-state index contributed by atoms with van der Waals surface area (Å²) in [5.41, 5.74) is 2.49. The summed E-state index contributed by atoms with van der Waals surface area (Å²) in [6.07, 6.45) is 0. The van der Waals surface area contributed by atoms with Gasteiger partial charge < -0.3 is 0 Å². The normalized spacial score (nSPS) is 10.7. The maximum absolute atomic E-state index is 6.35. The molecule has 0 aliphatic heterocycles. The lowest BCUT2D eigenvalue weighted by molar-refractivity contribution is 1.43. The molecule has 0 saturated carbocycles. The fraction of sp³-hybridized carbons (Fsp3) is 0.0769. The van der Waals surface area contributed by atoms with E-state index in [-0.39, 0.29) is 0 Å². The standard InChI is InChI=1S/C13H7BrCl4/c14-6-7-2-1-3-9(13(7)18)12-10(16)4-8(15)5-11(12)17/h1-5H,6H2. The van der Waals surface area contributed by atoms with Gasteiger partial charge in [-0.1, -0.05) is 80.5 Å². The molecular formula is C13H7BrCl4. The number of benzene rings is 2. The van der Waals surface area contributed by atoms with Crippen LogP contribution in [0.25, 0.3) is 11.1 Å². The fourth-order valence-electron chi connectivity index (χ4n) is 1.68. The number of hydrogen-bond donors (Lipinski definition) is 0. The number of halogens is 5. The van der Waals surface area contributed by atoms with E-state index in [9.17, 15) is 0 Å². The van der Waals surface area contributed by atoms with E-state index in [0.29, 0.717) is 31.0 Å². The van der Waals surface area contributed by atoms with Crippen molar-refractivity contribution >= 4 is 62.3 Å². The summed E-state index contributed by atoms with van der Waals surface area (Å²) in [6.45, 7) is 0. The summed E-state index contributed by atoms with van der Waals surface area (Å²) < 4.78 is 0. The summed E-state index contributed by atoms with van der Waals surface area (Å²) in [4.78, 5) is 0. The molecule has 0 radical (unpaired) electrons. The minimum absolute atomic E-state index is 0.487. The van der Waals surface area contributed by atoms with E-state index in [1.807, 2.05) is 18.2 Å². The van der Waals surface area contributed by atoms with Crippen LogP contribution in [0.1, 0.15) is 5.56 Å². The van der Waals surface area contributed by atoms with Crippen LogP contribution in [0.2, 0.25) is 20.1 Å². The zero-order valence-electron chi connectivity index (χ0n) is 8.98. The van der Waals surface area contributed by atoms with Gasteiger partial charge in [0.2, 0.25) is 0 Å². The van der Waals surface area contributed by atoms with Crippen molar-refractivity contribution in [1.29, 1.82) is 0 Å². The lowest BCUT2D eigenvalue weighted by atomic mass is 10.0. The molecule has 0 fully saturated rings. The van der Waals surface area contributed by atoms with Gasteiger partial charge in [0.05, 0.1) is 15.1 Å². The van der Waals surface area contributed by atoms with Crippen molar-refractivity contribution in [3.8, 4) is 11.1 Å². The zero-order chi connectivity index (χ0) is 13.3. The van der Waals surface area contributed by atoms with Gasteiger partial charge in [0.25, 0.3) is 0 Å². The Bertz CT molecular complexity index is 573. The fourth-order valence-corrected chi connectivity index (χ4v) is 3.61. The topological polar surface area (TPSA) is 0 Å². The average Bonchev–Trinajstić information content (AvgIpc) is 2.30. The largest absolute Gasteiger partial charge is 0.0876 e. The van der Waals surface area contributed by atoms with Gasteiger partial charge in [0.1, 0.15) is 0 Å². The van der Waals surface area contributed by atoms with E-state index < -0.39 is 0 Å². The summed E-state index contributed by atoms with van der Waals surface area (Å²) in [6, 6.07) is 9.05. The third kappa shape index (κ3) is 2.81. The first kappa shape index (κ1) is 14.5. The van der Waals surface area contributed by atoms with E-state index in [2.05, 4.69) is 15.9 Å². The Balaban J connectivity index is 2.70. The van der Waals surface area contributed by atoms with Crippen LogP contribution in [0.15, 0.2) is 30.3 Å². The molecule has 0 heterocycles. The average molecular weight is 385 g/mol. The molecule has 18 heavy (non-hydrogen) atoms. The van der Waals surface area contributed by atoms with E-state index in [0.717, 1.165) is 11.1 Å². The lowest BCUT2D eigenvalue weighted by Gasteiger charge is -2.12. The molecule has 94 valence electrons.